The molecule has 0 aromatic heterocycles. The molecule has 2 aromatic rings. The van der Waals surface area contributed by atoms with E-state index in [0.29, 0.717) is 12.1 Å². The van der Waals surface area contributed by atoms with Crippen LogP contribution in [0.25, 0.3) is 0 Å². The molecule has 1 saturated heterocycles. The maximum absolute atomic E-state index is 12.7. The predicted molar refractivity (Wildman–Crippen MR) is 103 cm³/mol. The van der Waals surface area contributed by atoms with Gasteiger partial charge in [0.25, 0.3) is 10.0 Å². The Morgan fingerprint density at radius 2 is 1.71 bits per heavy atom. The summed E-state index contributed by atoms with van der Waals surface area (Å²) in [6.07, 6.45) is -0.875. The third kappa shape index (κ3) is 4.01. The number of cyclic esters (lactones) is 1. The van der Waals surface area contributed by atoms with Crippen molar-refractivity contribution in [2.45, 2.75) is 37.4 Å². The fourth-order valence-electron chi connectivity index (χ4n) is 2.83. The van der Waals surface area contributed by atoms with Crippen LogP contribution in [-0.2, 0) is 24.3 Å². The molecule has 0 saturated carbocycles. The topological polar surface area (TPSA) is 90.0 Å². The maximum Gasteiger partial charge on any atom is 0.347 e. The van der Waals surface area contributed by atoms with Crippen molar-refractivity contribution in [3.63, 3.8) is 0 Å². The number of hydrogen-bond acceptors (Lipinski definition) is 6. The van der Waals surface area contributed by atoms with Crippen LogP contribution in [0.5, 0.6) is 0 Å². The highest BCUT2D eigenvalue weighted by Gasteiger charge is 2.35. The minimum atomic E-state index is -3.72. The second kappa shape index (κ2) is 7.63. The molecule has 0 unspecified atom stereocenters. The first kappa shape index (κ1) is 19.9. The van der Waals surface area contributed by atoms with Crippen LogP contribution in [0.4, 0.5) is 5.69 Å². The summed E-state index contributed by atoms with van der Waals surface area (Å²) in [5, 5.41) is 0. The third-order valence-corrected chi connectivity index (χ3v) is 6.32. The normalized spacial score (nSPS) is 19.2. The van der Waals surface area contributed by atoms with Gasteiger partial charge in [-0.2, -0.15) is 0 Å². The van der Waals surface area contributed by atoms with Crippen LogP contribution in [-0.4, -0.2) is 39.6 Å². The Kier molecular flexibility index (Phi) is 5.42. The van der Waals surface area contributed by atoms with Gasteiger partial charge in [0, 0.05) is 13.5 Å². The number of carbonyl (C=O) groups excluding carboxylic acids is 2. The molecule has 1 heterocycles. The molecular weight excluding hydrogens is 382 g/mol. The van der Waals surface area contributed by atoms with Gasteiger partial charge in [-0.3, -0.25) is 4.31 Å². The summed E-state index contributed by atoms with van der Waals surface area (Å²) in [4.78, 5) is 24.0. The predicted octanol–water partition coefficient (Wildman–Crippen LogP) is 2.68. The minimum Gasteiger partial charge on any atom is -0.460 e. The van der Waals surface area contributed by atoms with Crippen molar-refractivity contribution < 1.29 is 27.5 Å². The Balaban J connectivity index is 1.73. The number of nitrogens with zero attached hydrogens (tertiary/aromatic N) is 1. The lowest BCUT2D eigenvalue weighted by atomic mass is 10.2. The monoisotopic (exact) mass is 403 g/mol. The van der Waals surface area contributed by atoms with Gasteiger partial charge in [-0.1, -0.05) is 17.7 Å². The van der Waals surface area contributed by atoms with Gasteiger partial charge in [0.2, 0.25) is 6.10 Å². The minimum absolute atomic E-state index is 0.179. The summed E-state index contributed by atoms with van der Waals surface area (Å²) in [7, 11) is -2.28. The van der Waals surface area contributed by atoms with Gasteiger partial charge in [0.1, 0.15) is 6.10 Å². The van der Waals surface area contributed by atoms with Crippen LogP contribution in [0.3, 0.4) is 0 Å². The SMILES string of the molecule is Cc1ccc(S(=O)(=O)N(C)c2ccc(C(=O)O[C@@H]3C[C@@H](C)OC3=O)cc2)cc1. The molecule has 8 heteroatoms. The molecular formula is C20H21NO6S. The van der Waals surface area contributed by atoms with Crippen molar-refractivity contribution in [2.24, 2.45) is 0 Å². The zero-order valence-corrected chi connectivity index (χ0v) is 16.6. The number of sulfonamides is 1. The van der Waals surface area contributed by atoms with E-state index in [4.69, 9.17) is 9.47 Å². The molecule has 0 bridgehead atoms. The molecule has 2 aromatic carbocycles. The van der Waals surface area contributed by atoms with Crippen molar-refractivity contribution in [3.05, 3.63) is 59.7 Å². The second-order valence-corrected chi connectivity index (χ2v) is 8.68. The van der Waals surface area contributed by atoms with Gasteiger partial charge in [0.15, 0.2) is 0 Å². The molecule has 0 N–H and O–H groups in total. The Hall–Kier alpha value is -2.87. The molecule has 0 radical (unpaired) electrons. The highest BCUT2D eigenvalue weighted by Crippen LogP contribution is 2.24. The maximum atomic E-state index is 12.7. The zero-order chi connectivity index (χ0) is 20.5. The number of benzene rings is 2. The molecule has 1 fully saturated rings. The Bertz CT molecular complexity index is 982. The number of hydrogen-bond donors (Lipinski definition) is 0. The number of esters is 2. The van der Waals surface area contributed by atoms with E-state index in [9.17, 15) is 18.0 Å². The largest absolute Gasteiger partial charge is 0.460 e. The van der Waals surface area contributed by atoms with E-state index in [1.807, 2.05) is 6.92 Å². The third-order valence-electron chi connectivity index (χ3n) is 4.52. The van der Waals surface area contributed by atoms with Crippen molar-refractivity contribution in [1.82, 2.24) is 0 Å². The zero-order valence-electron chi connectivity index (χ0n) is 15.8. The van der Waals surface area contributed by atoms with E-state index in [1.165, 1.54) is 31.3 Å². The van der Waals surface area contributed by atoms with E-state index < -0.39 is 28.1 Å². The first-order chi connectivity index (χ1) is 13.2. The fourth-order valence-corrected chi connectivity index (χ4v) is 4.02. The lowest BCUT2D eigenvalue weighted by molar-refractivity contribution is -0.147. The standard InChI is InChI=1S/C20H21NO6S/c1-13-4-10-17(11-5-13)28(24,25)21(3)16-8-6-15(7-9-16)19(22)27-18-12-14(2)26-20(18)23/h4-11,14,18H,12H2,1-3H3/t14-,18-/m1/s1. The van der Waals surface area contributed by atoms with E-state index in [0.717, 1.165) is 9.87 Å². The summed E-state index contributed by atoms with van der Waals surface area (Å²) in [6.45, 7) is 3.61. The van der Waals surface area contributed by atoms with Gasteiger partial charge >= 0.3 is 11.9 Å². The first-order valence-electron chi connectivity index (χ1n) is 8.75. The van der Waals surface area contributed by atoms with Crippen LogP contribution in [0.1, 0.15) is 29.3 Å². The molecule has 1 aliphatic heterocycles. The van der Waals surface area contributed by atoms with E-state index in [1.54, 1.807) is 31.2 Å². The molecule has 7 nitrogen and oxygen atoms in total. The lowest BCUT2D eigenvalue weighted by Gasteiger charge is -2.20. The molecule has 0 spiro atoms. The first-order valence-corrected chi connectivity index (χ1v) is 10.2. The average Bonchev–Trinajstić information content (AvgIpc) is 2.98. The Morgan fingerprint density at radius 3 is 2.25 bits per heavy atom. The van der Waals surface area contributed by atoms with Crippen molar-refractivity contribution in [2.75, 3.05) is 11.4 Å². The van der Waals surface area contributed by atoms with Gasteiger partial charge in [-0.15, -0.1) is 0 Å². The summed E-state index contributed by atoms with van der Waals surface area (Å²) in [6, 6.07) is 12.5. The molecule has 0 aliphatic carbocycles. The Morgan fingerprint density at radius 1 is 1.11 bits per heavy atom. The number of carbonyl (C=O) groups is 2. The fraction of sp³-hybridized carbons (Fsp3) is 0.300. The molecule has 1 aliphatic rings. The number of aryl methyl sites for hydroxylation is 1. The molecule has 2 atom stereocenters. The number of anilines is 1. The van der Waals surface area contributed by atoms with E-state index in [2.05, 4.69) is 0 Å². The summed E-state index contributed by atoms with van der Waals surface area (Å²) >= 11 is 0. The van der Waals surface area contributed by atoms with Crippen LogP contribution < -0.4 is 4.31 Å². The lowest BCUT2D eigenvalue weighted by Crippen LogP contribution is -2.26. The Labute approximate surface area is 163 Å². The highest BCUT2D eigenvalue weighted by molar-refractivity contribution is 7.92. The molecule has 3 rings (SSSR count). The highest BCUT2D eigenvalue weighted by atomic mass is 32.2. The van der Waals surface area contributed by atoms with E-state index in [-0.39, 0.29) is 16.6 Å². The second-order valence-electron chi connectivity index (χ2n) is 6.71. The average molecular weight is 403 g/mol. The van der Waals surface area contributed by atoms with Gasteiger partial charge in [-0.25, -0.2) is 18.0 Å². The van der Waals surface area contributed by atoms with Crippen molar-refractivity contribution in [3.8, 4) is 0 Å². The van der Waals surface area contributed by atoms with E-state index >= 15 is 0 Å². The van der Waals surface area contributed by atoms with Crippen molar-refractivity contribution in [1.29, 1.82) is 0 Å². The van der Waals surface area contributed by atoms with Crippen LogP contribution in [0.15, 0.2) is 53.4 Å². The van der Waals surface area contributed by atoms with Crippen molar-refractivity contribution >= 4 is 27.6 Å². The number of ether oxygens (including phenoxy) is 2. The van der Waals surface area contributed by atoms with Crippen LogP contribution >= 0.6 is 0 Å². The van der Waals surface area contributed by atoms with Gasteiger partial charge in [-0.05, 0) is 50.2 Å². The quantitative estimate of drug-likeness (QED) is 0.713. The van der Waals surface area contributed by atoms with Gasteiger partial charge in [0.05, 0.1) is 16.1 Å². The smallest absolute Gasteiger partial charge is 0.347 e. The van der Waals surface area contributed by atoms with Gasteiger partial charge < -0.3 is 9.47 Å². The summed E-state index contributed by atoms with van der Waals surface area (Å²) < 4.78 is 36.8. The van der Waals surface area contributed by atoms with Crippen LogP contribution in [0, 0.1) is 6.92 Å². The number of rotatable bonds is 5. The van der Waals surface area contributed by atoms with Crippen LogP contribution in [0.2, 0.25) is 0 Å². The molecule has 28 heavy (non-hydrogen) atoms. The summed E-state index contributed by atoms with van der Waals surface area (Å²) in [5.74, 6) is -1.21. The molecule has 148 valence electrons. The molecule has 0 amide bonds. The summed E-state index contributed by atoms with van der Waals surface area (Å²) in [5.41, 5.74) is 1.58.